The van der Waals surface area contributed by atoms with Gasteiger partial charge in [0.2, 0.25) is 11.0 Å². The van der Waals surface area contributed by atoms with Crippen molar-refractivity contribution in [2.45, 2.75) is 13.8 Å². The predicted octanol–water partition coefficient (Wildman–Crippen LogP) is 4.80. The van der Waals surface area contributed by atoms with Crippen LogP contribution in [0.5, 0.6) is 0 Å². The molecule has 1 heterocycles. The molecule has 0 bridgehead atoms. The SMILES string of the molecule is Cc1cc2c(c(C)c1-c1ccccc1)c(C(=O)O)c1ccccc1[n+]2C. The molecule has 3 heteroatoms. The lowest BCUT2D eigenvalue weighted by atomic mass is 9.89. The zero-order chi connectivity index (χ0) is 18.4. The highest BCUT2D eigenvalue weighted by Crippen LogP contribution is 2.35. The molecule has 0 aliphatic rings. The monoisotopic (exact) mass is 342 g/mol. The van der Waals surface area contributed by atoms with Gasteiger partial charge in [-0.1, -0.05) is 42.5 Å². The zero-order valence-corrected chi connectivity index (χ0v) is 15.1. The van der Waals surface area contributed by atoms with E-state index in [9.17, 15) is 9.90 Å². The summed E-state index contributed by atoms with van der Waals surface area (Å²) in [5.74, 6) is -0.891. The summed E-state index contributed by atoms with van der Waals surface area (Å²) < 4.78 is 2.09. The molecule has 0 aliphatic carbocycles. The van der Waals surface area contributed by atoms with E-state index < -0.39 is 5.97 Å². The van der Waals surface area contributed by atoms with Gasteiger partial charge in [-0.2, -0.15) is 4.57 Å². The first-order chi connectivity index (χ1) is 12.5. The number of fused-ring (bicyclic) bond motifs is 2. The number of carbonyl (C=O) groups is 1. The third-order valence-corrected chi connectivity index (χ3v) is 5.18. The molecular weight excluding hydrogens is 322 g/mol. The fraction of sp³-hybridized carbons (Fsp3) is 0.130. The molecule has 3 nitrogen and oxygen atoms in total. The highest BCUT2D eigenvalue weighted by atomic mass is 16.4. The van der Waals surface area contributed by atoms with Crippen molar-refractivity contribution in [3.63, 3.8) is 0 Å². The molecule has 3 aromatic carbocycles. The second-order valence-corrected chi connectivity index (χ2v) is 6.71. The Bertz CT molecular complexity index is 1180. The number of carboxylic acid groups (broad SMARTS) is 1. The average molecular weight is 342 g/mol. The van der Waals surface area contributed by atoms with Crippen molar-refractivity contribution in [3.8, 4) is 11.1 Å². The van der Waals surface area contributed by atoms with E-state index in [4.69, 9.17) is 0 Å². The topological polar surface area (TPSA) is 41.2 Å². The van der Waals surface area contributed by atoms with Gasteiger partial charge in [-0.05, 0) is 42.2 Å². The van der Waals surface area contributed by atoms with Crippen LogP contribution in [0.15, 0.2) is 60.7 Å². The molecule has 0 fully saturated rings. The summed E-state index contributed by atoms with van der Waals surface area (Å²) in [6.07, 6.45) is 0. The Morgan fingerprint density at radius 1 is 0.923 bits per heavy atom. The van der Waals surface area contributed by atoms with Crippen LogP contribution in [0.4, 0.5) is 0 Å². The molecule has 0 saturated carbocycles. The van der Waals surface area contributed by atoms with E-state index >= 15 is 0 Å². The van der Waals surface area contributed by atoms with Gasteiger partial charge in [0, 0.05) is 12.1 Å². The minimum atomic E-state index is -0.891. The number of aryl methyl sites for hydroxylation is 3. The summed E-state index contributed by atoms with van der Waals surface area (Å²) in [5.41, 5.74) is 6.60. The van der Waals surface area contributed by atoms with Crippen molar-refractivity contribution < 1.29 is 14.5 Å². The summed E-state index contributed by atoms with van der Waals surface area (Å²) in [7, 11) is 2.00. The van der Waals surface area contributed by atoms with Gasteiger partial charge in [0.05, 0.1) is 16.3 Å². The quantitative estimate of drug-likeness (QED) is 0.420. The molecule has 0 aliphatic heterocycles. The molecule has 26 heavy (non-hydrogen) atoms. The number of aromatic carboxylic acids is 1. The lowest BCUT2D eigenvalue weighted by Gasteiger charge is -2.15. The lowest BCUT2D eigenvalue weighted by Crippen LogP contribution is -2.31. The third kappa shape index (κ3) is 2.28. The van der Waals surface area contributed by atoms with Crippen LogP contribution >= 0.6 is 0 Å². The van der Waals surface area contributed by atoms with Crippen LogP contribution in [0.2, 0.25) is 0 Å². The minimum absolute atomic E-state index is 0.378. The maximum atomic E-state index is 12.2. The summed E-state index contributed by atoms with van der Waals surface area (Å²) in [5, 5.41) is 11.6. The number of rotatable bonds is 2. The Morgan fingerprint density at radius 3 is 2.27 bits per heavy atom. The van der Waals surface area contributed by atoms with Gasteiger partial charge >= 0.3 is 5.97 Å². The van der Waals surface area contributed by atoms with Gasteiger partial charge in [-0.25, -0.2) is 4.79 Å². The van der Waals surface area contributed by atoms with Crippen LogP contribution in [0.1, 0.15) is 21.5 Å². The number of benzene rings is 3. The normalized spacial score (nSPS) is 11.2. The number of pyridine rings is 1. The highest BCUT2D eigenvalue weighted by Gasteiger charge is 2.25. The van der Waals surface area contributed by atoms with E-state index in [-0.39, 0.29) is 0 Å². The first kappa shape index (κ1) is 16.3. The zero-order valence-electron chi connectivity index (χ0n) is 15.1. The molecular formula is C23H20NO2+. The van der Waals surface area contributed by atoms with E-state index in [0.717, 1.165) is 44.1 Å². The predicted molar refractivity (Wildman–Crippen MR) is 104 cm³/mol. The van der Waals surface area contributed by atoms with Gasteiger partial charge in [0.1, 0.15) is 7.05 Å². The van der Waals surface area contributed by atoms with E-state index in [2.05, 4.69) is 29.7 Å². The molecule has 1 aromatic heterocycles. The van der Waals surface area contributed by atoms with Gasteiger partial charge in [0.15, 0.2) is 0 Å². The summed E-state index contributed by atoms with van der Waals surface area (Å²) >= 11 is 0. The summed E-state index contributed by atoms with van der Waals surface area (Å²) in [6, 6.07) is 19.9. The number of hydrogen-bond acceptors (Lipinski definition) is 1. The van der Waals surface area contributed by atoms with Crippen molar-refractivity contribution >= 4 is 27.8 Å². The van der Waals surface area contributed by atoms with Gasteiger partial charge in [-0.15, -0.1) is 0 Å². The first-order valence-electron chi connectivity index (χ1n) is 8.64. The summed E-state index contributed by atoms with van der Waals surface area (Å²) in [6.45, 7) is 4.11. The molecule has 1 N–H and O–H groups in total. The second-order valence-electron chi connectivity index (χ2n) is 6.71. The largest absolute Gasteiger partial charge is 0.478 e. The minimum Gasteiger partial charge on any atom is -0.478 e. The number of para-hydroxylation sites is 1. The molecule has 0 amide bonds. The van der Waals surface area contributed by atoms with Gasteiger partial charge in [-0.3, -0.25) is 0 Å². The van der Waals surface area contributed by atoms with Crippen LogP contribution in [0.3, 0.4) is 0 Å². The standard InChI is InChI=1S/C23H19NO2/c1-14-13-19-21(15(2)20(14)16-9-5-4-6-10-16)22(23(25)26)17-11-7-8-12-18(17)24(19)3/h4-13H,1-3H3/p+1. The van der Waals surface area contributed by atoms with Crippen LogP contribution in [0, 0.1) is 13.8 Å². The van der Waals surface area contributed by atoms with Gasteiger partial charge < -0.3 is 5.11 Å². The number of aromatic nitrogens is 1. The molecule has 0 spiro atoms. The molecule has 4 aromatic rings. The molecule has 128 valence electrons. The number of carboxylic acids is 1. The molecule has 0 unspecified atom stereocenters. The highest BCUT2D eigenvalue weighted by molar-refractivity contribution is 6.14. The van der Waals surface area contributed by atoms with E-state index in [1.807, 2.05) is 56.4 Å². The van der Waals surface area contributed by atoms with Crippen LogP contribution in [-0.4, -0.2) is 11.1 Å². The molecule has 0 radical (unpaired) electrons. The Balaban J connectivity index is 2.27. The third-order valence-electron chi connectivity index (χ3n) is 5.18. The van der Waals surface area contributed by atoms with Crippen molar-refractivity contribution in [2.24, 2.45) is 7.05 Å². The van der Waals surface area contributed by atoms with Crippen molar-refractivity contribution in [3.05, 3.63) is 77.4 Å². The first-order valence-corrected chi connectivity index (χ1v) is 8.64. The molecule has 0 atom stereocenters. The average Bonchev–Trinajstić information content (AvgIpc) is 2.63. The maximum Gasteiger partial charge on any atom is 0.337 e. The van der Waals surface area contributed by atoms with E-state index in [0.29, 0.717) is 5.56 Å². The smallest absolute Gasteiger partial charge is 0.337 e. The number of nitrogens with zero attached hydrogens (tertiary/aromatic N) is 1. The van der Waals surface area contributed by atoms with Crippen LogP contribution in [-0.2, 0) is 7.05 Å². The second kappa shape index (κ2) is 5.95. The Hall–Kier alpha value is -3.20. The fourth-order valence-corrected chi connectivity index (χ4v) is 4.06. The Kier molecular flexibility index (Phi) is 3.73. The molecule has 0 saturated heterocycles. The van der Waals surface area contributed by atoms with E-state index in [1.54, 1.807) is 0 Å². The van der Waals surface area contributed by atoms with E-state index in [1.165, 1.54) is 0 Å². The lowest BCUT2D eigenvalue weighted by molar-refractivity contribution is -0.617. The van der Waals surface area contributed by atoms with Crippen LogP contribution < -0.4 is 4.57 Å². The summed E-state index contributed by atoms with van der Waals surface area (Å²) in [4.78, 5) is 12.2. The van der Waals surface area contributed by atoms with Crippen LogP contribution in [0.25, 0.3) is 32.9 Å². The number of hydrogen-bond donors (Lipinski definition) is 1. The molecule has 4 rings (SSSR count). The Morgan fingerprint density at radius 2 is 1.58 bits per heavy atom. The Labute approximate surface area is 152 Å². The van der Waals surface area contributed by atoms with Crippen molar-refractivity contribution in [1.29, 1.82) is 0 Å². The van der Waals surface area contributed by atoms with Crippen molar-refractivity contribution in [2.75, 3.05) is 0 Å². The van der Waals surface area contributed by atoms with Gasteiger partial charge in [0.25, 0.3) is 0 Å². The maximum absolute atomic E-state index is 12.2. The fourth-order valence-electron chi connectivity index (χ4n) is 4.06. The van der Waals surface area contributed by atoms with Crippen molar-refractivity contribution in [1.82, 2.24) is 0 Å².